The standard InChI is InChI=1S/C12H13FO3/c1-16-9-4-2-3-8(11(9)13)10(12(14)15)7-5-6-7/h2-4,7,10H,5-6H2,1H3,(H,14,15). The minimum atomic E-state index is -0.963. The second kappa shape index (κ2) is 4.12. The van der Waals surface area contributed by atoms with Gasteiger partial charge in [-0.15, -0.1) is 0 Å². The van der Waals surface area contributed by atoms with Gasteiger partial charge in [0.15, 0.2) is 11.6 Å². The molecule has 0 aromatic heterocycles. The number of methoxy groups -OCH3 is 1. The summed E-state index contributed by atoms with van der Waals surface area (Å²) in [4.78, 5) is 11.1. The van der Waals surface area contributed by atoms with Gasteiger partial charge in [-0.1, -0.05) is 12.1 Å². The SMILES string of the molecule is COc1cccc(C(C(=O)O)C2CC2)c1F. The summed E-state index contributed by atoms with van der Waals surface area (Å²) in [6, 6.07) is 4.63. The van der Waals surface area contributed by atoms with E-state index in [1.807, 2.05) is 0 Å². The summed E-state index contributed by atoms with van der Waals surface area (Å²) in [7, 11) is 1.37. The van der Waals surface area contributed by atoms with Gasteiger partial charge in [-0.25, -0.2) is 4.39 Å². The Balaban J connectivity index is 2.40. The highest BCUT2D eigenvalue weighted by atomic mass is 19.1. The van der Waals surface area contributed by atoms with Gasteiger partial charge in [0.25, 0.3) is 0 Å². The number of hydrogen-bond acceptors (Lipinski definition) is 2. The predicted molar refractivity (Wildman–Crippen MR) is 56.1 cm³/mol. The zero-order valence-corrected chi connectivity index (χ0v) is 8.94. The van der Waals surface area contributed by atoms with Crippen molar-refractivity contribution < 1.29 is 19.0 Å². The van der Waals surface area contributed by atoms with Crippen LogP contribution in [-0.2, 0) is 4.79 Å². The molecule has 0 aliphatic heterocycles. The fourth-order valence-corrected chi connectivity index (χ4v) is 1.94. The zero-order valence-electron chi connectivity index (χ0n) is 8.94. The van der Waals surface area contributed by atoms with Crippen LogP contribution >= 0.6 is 0 Å². The van der Waals surface area contributed by atoms with Crippen LogP contribution in [0.25, 0.3) is 0 Å². The number of carboxylic acids is 1. The molecule has 4 heteroatoms. The molecule has 1 saturated carbocycles. The lowest BCUT2D eigenvalue weighted by Crippen LogP contribution is -2.15. The van der Waals surface area contributed by atoms with E-state index in [1.54, 1.807) is 6.07 Å². The van der Waals surface area contributed by atoms with Gasteiger partial charge < -0.3 is 9.84 Å². The van der Waals surface area contributed by atoms with E-state index in [0.717, 1.165) is 12.8 Å². The van der Waals surface area contributed by atoms with E-state index in [2.05, 4.69) is 0 Å². The fraction of sp³-hybridized carbons (Fsp3) is 0.417. The minimum Gasteiger partial charge on any atom is -0.494 e. The van der Waals surface area contributed by atoms with Crippen LogP contribution in [0.15, 0.2) is 18.2 Å². The van der Waals surface area contributed by atoms with E-state index < -0.39 is 17.7 Å². The third kappa shape index (κ3) is 1.87. The van der Waals surface area contributed by atoms with E-state index >= 15 is 0 Å². The average molecular weight is 224 g/mol. The molecule has 1 fully saturated rings. The van der Waals surface area contributed by atoms with Gasteiger partial charge in [-0.2, -0.15) is 0 Å². The second-order valence-corrected chi connectivity index (χ2v) is 4.02. The maximum absolute atomic E-state index is 13.9. The molecule has 1 aliphatic rings. The maximum Gasteiger partial charge on any atom is 0.311 e. The summed E-state index contributed by atoms with van der Waals surface area (Å²) in [5.74, 6) is -2.09. The van der Waals surface area contributed by atoms with Crippen LogP contribution in [0.5, 0.6) is 5.75 Å². The number of aliphatic carboxylic acids is 1. The molecule has 0 saturated heterocycles. The summed E-state index contributed by atoms with van der Waals surface area (Å²) in [5.41, 5.74) is 0.231. The molecule has 0 spiro atoms. The summed E-state index contributed by atoms with van der Waals surface area (Å²) in [6.45, 7) is 0. The Morgan fingerprint density at radius 1 is 1.56 bits per heavy atom. The molecular formula is C12H13FO3. The first-order chi connectivity index (χ1) is 7.65. The monoisotopic (exact) mass is 224 g/mol. The molecule has 1 unspecified atom stereocenters. The molecule has 0 amide bonds. The van der Waals surface area contributed by atoms with Crippen molar-refractivity contribution in [3.05, 3.63) is 29.6 Å². The van der Waals surface area contributed by atoms with Gasteiger partial charge >= 0.3 is 5.97 Å². The molecule has 86 valence electrons. The third-order valence-electron chi connectivity index (χ3n) is 2.91. The highest BCUT2D eigenvalue weighted by molar-refractivity contribution is 5.77. The first-order valence-corrected chi connectivity index (χ1v) is 5.20. The lowest BCUT2D eigenvalue weighted by molar-refractivity contribution is -0.139. The molecular weight excluding hydrogens is 211 g/mol. The zero-order chi connectivity index (χ0) is 11.7. The van der Waals surface area contributed by atoms with Crippen LogP contribution in [0.2, 0.25) is 0 Å². The highest BCUT2D eigenvalue weighted by Crippen LogP contribution is 2.44. The van der Waals surface area contributed by atoms with Crippen molar-refractivity contribution in [1.82, 2.24) is 0 Å². The van der Waals surface area contributed by atoms with Crippen LogP contribution in [-0.4, -0.2) is 18.2 Å². The quantitative estimate of drug-likeness (QED) is 0.854. The number of ether oxygens (including phenoxy) is 1. The number of benzene rings is 1. The smallest absolute Gasteiger partial charge is 0.311 e. The number of rotatable bonds is 4. The Morgan fingerprint density at radius 2 is 2.25 bits per heavy atom. The van der Waals surface area contributed by atoms with Crippen LogP contribution in [0, 0.1) is 11.7 Å². The second-order valence-electron chi connectivity index (χ2n) is 4.02. The first-order valence-electron chi connectivity index (χ1n) is 5.20. The van der Waals surface area contributed by atoms with E-state index in [0.29, 0.717) is 0 Å². The maximum atomic E-state index is 13.9. The van der Waals surface area contributed by atoms with Crippen LogP contribution < -0.4 is 4.74 Å². The Kier molecular flexibility index (Phi) is 2.81. The number of hydrogen-bond donors (Lipinski definition) is 1. The number of halogens is 1. The van der Waals surface area contributed by atoms with Crippen molar-refractivity contribution in [1.29, 1.82) is 0 Å². The van der Waals surface area contributed by atoms with E-state index in [1.165, 1.54) is 19.2 Å². The number of carboxylic acid groups (broad SMARTS) is 1. The Morgan fingerprint density at radius 3 is 2.75 bits per heavy atom. The van der Waals surface area contributed by atoms with Crippen molar-refractivity contribution in [3.8, 4) is 5.75 Å². The Hall–Kier alpha value is -1.58. The Labute approximate surface area is 92.9 Å². The van der Waals surface area contributed by atoms with Gasteiger partial charge in [0.05, 0.1) is 13.0 Å². The molecule has 0 bridgehead atoms. The molecule has 2 rings (SSSR count). The normalized spacial score (nSPS) is 16.9. The van der Waals surface area contributed by atoms with Gasteiger partial charge in [0, 0.05) is 5.56 Å². The van der Waals surface area contributed by atoms with Crippen LogP contribution in [0.1, 0.15) is 24.3 Å². The molecule has 1 aromatic rings. The van der Waals surface area contributed by atoms with E-state index in [4.69, 9.17) is 9.84 Å². The summed E-state index contributed by atoms with van der Waals surface area (Å²) >= 11 is 0. The van der Waals surface area contributed by atoms with Gasteiger partial charge in [-0.05, 0) is 24.8 Å². The van der Waals surface area contributed by atoms with Crippen molar-refractivity contribution >= 4 is 5.97 Å². The van der Waals surface area contributed by atoms with Crippen molar-refractivity contribution in [2.24, 2.45) is 5.92 Å². The largest absolute Gasteiger partial charge is 0.494 e. The summed E-state index contributed by atoms with van der Waals surface area (Å²) < 4.78 is 18.7. The first kappa shape index (κ1) is 10.9. The average Bonchev–Trinajstić information content (AvgIpc) is 3.05. The lowest BCUT2D eigenvalue weighted by atomic mass is 9.93. The molecule has 0 radical (unpaired) electrons. The minimum absolute atomic E-state index is 0.0686. The lowest BCUT2D eigenvalue weighted by Gasteiger charge is -2.14. The molecule has 1 aliphatic carbocycles. The molecule has 16 heavy (non-hydrogen) atoms. The number of carbonyl (C=O) groups is 1. The van der Waals surface area contributed by atoms with E-state index in [-0.39, 0.29) is 17.2 Å². The third-order valence-corrected chi connectivity index (χ3v) is 2.91. The fourth-order valence-electron chi connectivity index (χ4n) is 1.94. The van der Waals surface area contributed by atoms with Crippen molar-refractivity contribution in [2.75, 3.05) is 7.11 Å². The topological polar surface area (TPSA) is 46.5 Å². The van der Waals surface area contributed by atoms with Crippen molar-refractivity contribution in [3.63, 3.8) is 0 Å². The van der Waals surface area contributed by atoms with Gasteiger partial charge in [0.1, 0.15) is 0 Å². The predicted octanol–water partition coefficient (Wildman–Crippen LogP) is 2.41. The highest BCUT2D eigenvalue weighted by Gasteiger charge is 2.39. The van der Waals surface area contributed by atoms with Crippen LogP contribution in [0.4, 0.5) is 4.39 Å². The molecule has 1 N–H and O–H groups in total. The molecule has 1 aromatic carbocycles. The Bertz CT molecular complexity index is 413. The summed E-state index contributed by atoms with van der Waals surface area (Å²) in [6.07, 6.45) is 1.71. The van der Waals surface area contributed by atoms with Gasteiger partial charge in [-0.3, -0.25) is 4.79 Å². The van der Waals surface area contributed by atoms with Crippen molar-refractivity contribution in [2.45, 2.75) is 18.8 Å². The molecule has 3 nitrogen and oxygen atoms in total. The van der Waals surface area contributed by atoms with Crippen LogP contribution in [0.3, 0.4) is 0 Å². The molecule has 1 atom stereocenters. The summed E-state index contributed by atoms with van der Waals surface area (Å²) in [5, 5.41) is 9.12. The molecule has 0 heterocycles. The van der Waals surface area contributed by atoms with E-state index in [9.17, 15) is 9.18 Å². The van der Waals surface area contributed by atoms with Gasteiger partial charge in [0.2, 0.25) is 0 Å².